The summed E-state index contributed by atoms with van der Waals surface area (Å²) in [6.07, 6.45) is 6.72. The molecule has 2 amide bonds. The molecule has 0 aliphatic carbocycles. The highest BCUT2D eigenvalue weighted by Gasteiger charge is 2.36. The van der Waals surface area contributed by atoms with Crippen LogP contribution < -0.4 is 0 Å². The number of aromatic amines is 1. The van der Waals surface area contributed by atoms with Crippen molar-refractivity contribution in [1.82, 2.24) is 19.8 Å². The molecule has 1 aliphatic heterocycles. The molecular weight excluding hydrogens is 416 g/mol. The lowest BCUT2D eigenvalue weighted by Crippen LogP contribution is -2.59. The standard InChI is InChI=1S/C23H23ClN4O3/c1-31-15-21-23(30)27(14-19-12-17-13-25-9-8-20(17)26-19)10-11-28(21)22(29)7-4-16-2-5-18(24)6-3-16/h2-9,12-13,21,26H,10-11,14-15H2,1H3/b7-4+/t21-/m0/s1. The van der Waals surface area contributed by atoms with Crippen molar-refractivity contribution in [3.8, 4) is 0 Å². The molecule has 1 atom stereocenters. The molecular formula is C23H23ClN4O3. The van der Waals surface area contributed by atoms with Gasteiger partial charge in [-0.25, -0.2) is 0 Å². The maximum absolute atomic E-state index is 13.1. The van der Waals surface area contributed by atoms with E-state index in [1.54, 1.807) is 40.4 Å². The number of pyridine rings is 1. The summed E-state index contributed by atoms with van der Waals surface area (Å²) in [7, 11) is 1.53. The second kappa shape index (κ2) is 9.32. The number of methoxy groups -OCH3 is 1. The van der Waals surface area contributed by atoms with Gasteiger partial charge in [0.2, 0.25) is 11.8 Å². The maximum Gasteiger partial charge on any atom is 0.248 e. The third kappa shape index (κ3) is 4.78. The van der Waals surface area contributed by atoms with Crippen molar-refractivity contribution >= 4 is 40.4 Å². The van der Waals surface area contributed by atoms with Gasteiger partial charge in [-0.1, -0.05) is 23.7 Å². The van der Waals surface area contributed by atoms with Gasteiger partial charge < -0.3 is 19.5 Å². The molecule has 4 rings (SSSR count). The van der Waals surface area contributed by atoms with Crippen molar-refractivity contribution in [2.75, 3.05) is 26.8 Å². The predicted octanol–water partition coefficient (Wildman–Crippen LogP) is 3.12. The zero-order valence-electron chi connectivity index (χ0n) is 17.1. The zero-order valence-corrected chi connectivity index (χ0v) is 17.9. The molecule has 3 aromatic rings. The molecule has 31 heavy (non-hydrogen) atoms. The van der Waals surface area contributed by atoms with Crippen molar-refractivity contribution < 1.29 is 14.3 Å². The molecule has 1 fully saturated rings. The first-order chi connectivity index (χ1) is 15.0. The fourth-order valence-corrected chi connectivity index (χ4v) is 3.86. The molecule has 8 heteroatoms. The first-order valence-corrected chi connectivity index (χ1v) is 10.4. The number of rotatable bonds is 6. The molecule has 1 saturated heterocycles. The number of halogens is 1. The summed E-state index contributed by atoms with van der Waals surface area (Å²) >= 11 is 5.90. The minimum absolute atomic E-state index is 0.127. The van der Waals surface area contributed by atoms with Gasteiger partial charge in [0.15, 0.2) is 0 Å². The van der Waals surface area contributed by atoms with Gasteiger partial charge in [0.25, 0.3) is 0 Å². The summed E-state index contributed by atoms with van der Waals surface area (Å²) in [6.45, 7) is 1.47. The molecule has 1 N–H and O–H groups in total. The van der Waals surface area contributed by atoms with Crippen LogP contribution in [0.5, 0.6) is 0 Å². The van der Waals surface area contributed by atoms with Crippen LogP contribution in [0.3, 0.4) is 0 Å². The highest BCUT2D eigenvalue weighted by atomic mass is 35.5. The Morgan fingerprint density at radius 2 is 2.10 bits per heavy atom. The Kier molecular flexibility index (Phi) is 6.34. The number of fused-ring (bicyclic) bond motifs is 1. The van der Waals surface area contributed by atoms with E-state index in [0.29, 0.717) is 24.7 Å². The Bertz CT molecular complexity index is 1080. The Morgan fingerprint density at radius 3 is 2.84 bits per heavy atom. The number of benzene rings is 1. The zero-order chi connectivity index (χ0) is 21.8. The number of nitrogens with one attached hydrogen (secondary N) is 1. The van der Waals surface area contributed by atoms with Gasteiger partial charge in [-0.15, -0.1) is 0 Å². The third-order valence-corrected chi connectivity index (χ3v) is 5.57. The van der Waals surface area contributed by atoms with Crippen LogP contribution in [-0.2, 0) is 20.9 Å². The molecule has 0 unspecified atom stereocenters. The van der Waals surface area contributed by atoms with Crippen molar-refractivity contribution in [3.63, 3.8) is 0 Å². The summed E-state index contributed by atoms with van der Waals surface area (Å²) in [5.74, 6) is -0.347. The summed E-state index contributed by atoms with van der Waals surface area (Å²) in [6, 6.07) is 10.4. The number of H-pyrrole nitrogens is 1. The fourth-order valence-electron chi connectivity index (χ4n) is 3.74. The first kappa shape index (κ1) is 21.1. The van der Waals surface area contributed by atoms with E-state index >= 15 is 0 Å². The van der Waals surface area contributed by atoms with Gasteiger partial charge in [0.1, 0.15) is 6.04 Å². The minimum Gasteiger partial charge on any atom is -0.382 e. The lowest BCUT2D eigenvalue weighted by Gasteiger charge is -2.39. The smallest absolute Gasteiger partial charge is 0.248 e. The molecule has 3 heterocycles. The van der Waals surface area contributed by atoms with E-state index in [1.165, 1.54) is 13.2 Å². The lowest BCUT2D eigenvalue weighted by molar-refractivity contribution is -0.152. The van der Waals surface area contributed by atoms with Crippen LogP contribution in [0.4, 0.5) is 0 Å². The highest BCUT2D eigenvalue weighted by molar-refractivity contribution is 6.30. The average molecular weight is 439 g/mol. The lowest BCUT2D eigenvalue weighted by atomic mass is 10.1. The Balaban J connectivity index is 1.46. The summed E-state index contributed by atoms with van der Waals surface area (Å²) in [5.41, 5.74) is 2.77. The first-order valence-electron chi connectivity index (χ1n) is 9.99. The molecule has 0 radical (unpaired) electrons. The van der Waals surface area contributed by atoms with E-state index in [4.69, 9.17) is 16.3 Å². The summed E-state index contributed by atoms with van der Waals surface area (Å²) in [4.78, 5) is 36.7. The van der Waals surface area contributed by atoms with Gasteiger partial charge in [-0.3, -0.25) is 14.6 Å². The second-order valence-corrected chi connectivity index (χ2v) is 7.84. The summed E-state index contributed by atoms with van der Waals surface area (Å²) < 4.78 is 5.26. The molecule has 0 saturated carbocycles. The van der Waals surface area contributed by atoms with E-state index in [1.807, 2.05) is 24.3 Å². The molecule has 1 aliphatic rings. The summed E-state index contributed by atoms with van der Waals surface area (Å²) in [5, 5.41) is 1.64. The van der Waals surface area contributed by atoms with Crippen LogP contribution in [-0.4, -0.2) is 64.4 Å². The number of nitrogens with zero attached hydrogens (tertiary/aromatic N) is 3. The quantitative estimate of drug-likeness (QED) is 0.600. The van der Waals surface area contributed by atoms with E-state index in [0.717, 1.165) is 22.2 Å². The number of aromatic nitrogens is 2. The monoisotopic (exact) mass is 438 g/mol. The Hall–Kier alpha value is -3.16. The molecule has 0 spiro atoms. The van der Waals surface area contributed by atoms with Crippen molar-refractivity contribution in [2.45, 2.75) is 12.6 Å². The molecule has 2 aromatic heterocycles. The molecule has 7 nitrogen and oxygen atoms in total. The number of carbonyl (C=O) groups excluding carboxylic acids is 2. The second-order valence-electron chi connectivity index (χ2n) is 7.40. The number of hydrogen-bond acceptors (Lipinski definition) is 4. The number of carbonyl (C=O) groups is 2. The van der Waals surface area contributed by atoms with Crippen LogP contribution in [0.25, 0.3) is 17.0 Å². The van der Waals surface area contributed by atoms with Crippen LogP contribution in [0, 0.1) is 0 Å². The molecule has 1 aromatic carbocycles. The topological polar surface area (TPSA) is 78.5 Å². The average Bonchev–Trinajstić information content (AvgIpc) is 3.18. The third-order valence-electron chi connectivity index (χ3n) is 5.32. The van der Waals surface area contributed by atoms with Gasteiger partial charge >= 0.3 is 0 Å². The van der Waals surface area contributed by atoms with Crippen molar-refractivity contribution in [2.24, 2.45) is 0 Å². The highest BCUT2D eigenvalue weighted by Crippen LogP contribution is 2.19. The van der Waals surface area contributed by atoms with Gasteiger partial charge in [-0.2, -0.15) is 0 Å². The van der Waals surface area contributed by atoms with Gasteiger partial charge in [-0.05, 0) is 35.9 Å². The van der Waals surface area contributed by atoms with Crippen LogP contribution in [0.15, 0.2) is 54.9 Å². The molecule has 160 valence electrons. The van der Waals surface area contributed by atoms with E-state index in [9.17, 15) is 9.59 Å². The van der Waals surface area contributed by atoms with Gasteiger partial charge in [0, 0.05) is 60.3 Å². The van der Waals surface area contributed by atoms with Crippen LogP contribution in [0.2, 0.25) is 5.02 Å². The van der Waals surface area contributed by atoms with E-state index in [2.05, 4.69) is 9.97 Å². The predicted molar refractivity (Wildman–Crippen MR) is 119 cm³/mol. The number of piperazine rings is 1. The fraction of sp³-hybridized carbons (Fsp3) is 0.261. The molecule has 0 bridgehead atoms. The maximum atomic E-state index is 13.1. The largest absolute Gasteiger partial charge is 0.382 e. The Morgan fingerprint density at radius 1 is 1.29 bits per heavy atom. The van der Waals surface area contributed by atoms with Crippen molar-refractivity contribution in [1.29, 1.82) is 0 Å². The number of amides is 2. The van der Waals surface area contributed by atoms with Crippen LogP contribution >= 0.6 is 11.6 Å². The SMILES string of the molecule is COC[C@H]1C(=O)N(Cc2cc3cnccc3[nH]2)CCN1C(=O)/C=C/c1ccc(Cl)cc1. The minimum atomic E-state index is -0.660. The van der Waals surface area contributed by atoms with Gasteiger partial charge in [0.05, 0.1) is 13.2 Å². The van der Waals surface area contributed by atoms with Crippen LogP contribution in [0.1, 0.15) is 11.3 Å². The normalized spacial score (nSPS) is 17.1. The number of ether oxygens (including phenoxy) is 1. The number of hydrogen-bond donors (Lipinski definition) is 1. The van der Waals surface area contributed by atoms with Crippen molar-refractivity contribution in [3.05, 3.63) is 71.1 Å². The van der Waals surface area contributed by atoms with E-state index < -0.39 is 6.04 Å². The van der Waals surface area contributed by atoms with E-state index in [-0.39, 0.29) is 18.4 Å². The Labute approximate surface area is 185 Å².